The number of benzene rings is 3. The number of nitrogens with zero attached hydrogens (tertiary/aromatic N) is 2. The summed E-state index contributed by atoms with van der Waals surface area (Å²) in [5.74, 6) is -1.53. The summed E-state index contributed by atoms with van der Waals surface area (Å²) < 4.78 is 20.7. The van der Waals surface area contributed by atoms with Gasteiger partial charge in [0.15, 0.2) is 0 Å². The van der Waals surface area contributed by atoms with Crippen LogP contribution >= 0.6 is 11.6 Å². The van der Waals surface area contributed by atoms with E-state index in [9.17, 15) is 19.1 Å². The third-order valence-electron chi connectivity index (χ3n) is 6.13. The number of hydrogen-bond donors (Lipinski definition) is 2. The van der Waals surface area contributed by atoms with Gasteiger partial charge in [-0.15, -0.1) is 0 Å². The Morgan fingerprint density at radius 1 is 0.974 bits per heavy atom. The molecule has 1 amide bonds. The molecular formula is C30H23ClFN3O4. The number of carboxylic acid groups (broad SMARTS) is 1. The van der Waals surface area contributed by atoms with Crippen molar-refractivity contribution in [1.82, 2.24) is 14.7 Å². The fourth-order valence-electron chi connectivity index (χ4n) is 4.10. The summed E-state index contributed by atoms with van der Waals surface area (Å²) in [5, 5.41) is 12.9. The summed E-state index contributed by atoms with van der Waals surface area (Å²) in [6.07, 6.45) is 3.41. The summed E-state index contributed by atoms with van der Waals surface area (Å²) in [4.78, 5) is 29.2. The largest absolute Gasteiger partial charge is 0.489 e. The number of pyridine rings is 1. The Balaban J connectivity index is 1.23. The smallest absolute Gasteiger partial charge is 0.326 e. The van der Waals surface area contributed by atoms with Crippen molar-refractivity contribution in [3.8, 4) is 16.9 Å². The number of halogens is 2. The van der Waals surface area contributed by atoms with E-state index in [0.717, 1.165) is 11.1 Å². The van der Waals surface area contributed by atoms with Gasteiger partial charge in [-0.25, -0.2) is 14.2 Å². The predicted molar refractivity (Wildman–Crippen MR) is 145 cm³/mol. The van der Waals surface area contributed by atoms with Crippen LogP contribution in [0.2, 0.25) is 5.02 Å². The third-order valence-corrected chi connectivity index (χ3v) is 6.38. The molecule has 2 N–H and O–H groups in total. The predicted octanol–water partition coefficient (Wildman–Crippen LogP) is 5.80. The molecule has 2 heterocycles. The molecule has 5 rings (SSSR count). The Morgan fingerprint density at radius 3 is 2.46 bits per heavy atom. The van der Waals surface area contributed by atoms with Gasteiger partial charge in [-0.1, -0.05) is 48.0 Å². The van der Waals surface area contributed by atoms with Crippen molar-refractivity contribution >= 4 is 29.1 Å². The molecule has 0 saturated heterocycles. The number of carbonyl (C=O) groups excluding carboxylic acids is 1. The van der Waals surface area contributed by atoms with Gasteiger partial charge in [0.25, 0.3) is 5.91 Å². The molecule has 3 aromatic carbocycles. The SMILES string of the molecule is O=C(N[C@@H](Cc1ccc(OCc2cccc(F)c2)cc1)C(=O)O)c1cn2ccc(-c3ccc(Cl)cc3)cc2n1. The second kappa shape index (κ2) is 11.4. The average molecular weight is 544 g/mol. The number of amides is 1. The van der Waals surface area contributed by atoms with Crippen molar-refractivity contribution in [2.24, 2.45) is 0 Å². The number of hydrogen-bond acceptors (Lipinski definition) is 4. The molecule has 0 radical (unpaired) electrons. The molecule has 0 saturated carbocycles. The Hall–Kier alpha value is -4.69. The van der Waals surface area contributed by atoms with Gasteiger partial charge in [0.05, 0.1) is 0 Å². The van der Waals surface area contributed by atoms with Gasteiger partial charge in [0.2, 0.25) is 0 Å². The average Bonchev–Trinajstić information content (AvgIpc) is 3.36. The Morgan fingerprint density at radius 2 is 1.74 bits per heavy atom. The van der Waals surface area contributed by atoms with Crippen LogP contribution in [0.15, 0.2) is 97.3 Å². The minimum atomic E-state index is -1.16. The first-order chi connectivity index (χ1) is 18.8. The second-order valence-electron chi connectivity index (χ2n) is 8.94. The maximum atomic E-state index is 13.3. The first kappa shape index (κ1) is 25.9. The first-order valence-electron chi connectivity index (χ1n) is 12.1. The molecule has 0 aliphatic heterocycles. The van der Waals surface area contributed by atoms with E-state index in [0.29, 0.717) is 27.5 Å². The van der Waals surface area contributed by atoms with E-state index in [-0.39, 0.29) is 24.5 Å². The van der Waals surface area contributed by atoms with Crippen LogP contribution in [-0.2, 0) is 17.8 Å². The summed E-state index contributed by atoms with van der Waals surface area (Å²) in [6, 6.07) is 23.0. The zero-order chi connectivity index (χ0) is 27.4. The van der Waals surface area contributed by atoms with Gasteiger partial charge in [-0.3, -0.25) is 4.79 Å². The van der Waals surface area contributed by atoms with Crippen LogP contribution < -0.4 is 10.1 Å². The molecule has 0 spiro atoms. The first-order valence-corrected chi connectivity index (χ1v) is 12.5. The van der Waals surface area contributed by atoms with E-state index in [1.54, 1.807) is 65.3 Å². The molecule has 7 nitrogen and oxygen atoms in total. The molecule has 0 aliphatic carbocycles. The number of ether oxygens (including phenoxy) is 1. The maximum absolute atomic E-state index is 13.3. The molecule has 2 aromatic heterocycles. The van der Waals surface area contributed by atoms with Crippen molar-refractivity contribution in [3.63, 3.8) is 0 Å². The van der Waals surface area contributed by atoms with Gasteiger partial charge < -0.3 is 19.6 Å². The zero-order valence-electron chi connectivity index (χ0n) is 20.6. The molecule has 0 unspecified atom stereocenters. The fraction of sp³-hybridized carbons (Fsp3) is 0.100. The number of aliphatic carboxylic acids is 1. The number of nitrogens with one attached hydrogen (secondary N) is 1. The van der Waals surface area contributed by atoms with Gasteiger partial charge in [-0.05, 0) is 70.8 Å². The van der Waals surface area contributed by atoms with Gasteiger partial charge >= 0.3 is 5.97 Å². The van der Waals surface area contributed by atoms with Crippen LogP contribution in [0.4, 0.5) is 4.39 Å². The van der Waals surface area contributed by atoms with E-state index in [4.69, 9.17) is 16.3 Å². The summed E-state index contributed by atoms with van der Waals surface area (Å²) >= 11 is 5.97. The normalized spacial score (nSPS) is 11.7. The number of imidazole rings is 1. The summed E-state index contributed by atoms with van der Waals surface area (Å²) in [6.45, 7) is 0.200. The lowest BCUT2D eigenvalue weighted by Crippen LogP contribution is -2.42. The van der Waals surface area contributed by atoms with Gasteiger partial charge in [0, 0.05) is 23.8 Å². The van der Waals surface area contributed by atoms with Crippen LogP contribution in [-0.4, -0.2) is 32.4 Å². The zero-order valence-corrected chi connectivity index (χ0v) is 21.3. The molecule has 9 heteroatoms. The summed E-state index contributed by atoms with van der Waals surface area (Å²) in [7, 11) is 0. The van der Waals surface area contributed by atoms with Crippen molar-refractivity contribution in [2.75, 3.05) is 0 Å². The molecule has 0 aliphatic rings. The molecule has 39 heavy (non-hydrogen) atoms. The minimum absolute atomic E-state index is 0.0688. The van der Waals surface area contributed by atoms with Crippen LogP contribution in [0.25, 0.3) is 16.8 Å². The second-order valence-corrected chi connectivity index (χ2v) is 9.38. The third kappa shape index (κ3) is 6.42. The quantitative estimate of drug-likeness (QED) is 0.245. The minimum Gasteiger partial charge on any atom is -0.489 e. The fourth-order valence-corrected chi connectivity index (χ4v) is 4.22. The maximum Gasteiger partial charge on any atom is 0.326 e. The van der Waals surface area contributed by atoms with E-state index >= 15 is 0 Å². The van der Waals surface area contributed by atoms with Crippen LogP contribution in [0.1, 0.15) is 21.6 Å². The topological polar surface area (TPSA) is 92.9 Å². The summed E-state index contributed by atoms with van der Waals surface area (Å²) in [5.41, 5.74) is 3.91. The van der Waals surface area contributed by atoms with E-state index < -0.39 is 17.9 Å². The number of carbonyl (C=O) groups is 2. The Labute approximate surface area is 228 Å². The highest BCUT2D eigenvalue weighted by Gasteiger charge is 2.23. The molecular weight excluding hydrogens is 521 g/mol. The van der Waals surface area contributed by atoms with Crippen LogP contribution in [0, 0.1) is 5.82 Å². The van der Waals surface area contributed by atoms with Crippen molar-refractivity contribution in [2.45, 2.75) is 19.1 Å². The lowest BCUT2D eigenvalue weighted by molar-refractivity contribution is -0.139. The van der Waals surface area contributed by atoms with Crippen molar-refractivity contribution in [1.29, 1.82) is 0 Å². The number of carboxylic acids is 1. The molecule has 0 bridgehead atoms. The van der Waals surface area contributed by atoms with E-state index in [1.165, 1.54) is 12.1 Å². The highest BCUT2D eigenvalue weighted by molar-refractivity contribution is 6.30. The number of aromatic nitrogens is 2. The standard InChI is InChI=1S/C30H23ClFN3O4/c31-23-8-6-21(7-9-23)22-12-13-35-17-27(33-28(35)16-22)29(36)34-26(30(37)38)15-19-4-10-25(11-5-19)39-18-20-2-1-3-24(32)14-20/h1-14,16-17,26H,15,18H2,(H,34,36)(H,37,38)/t26-/m0/s1. The van der Waals surface area contributed by atoms with E-state index in [2.05, 4.69) is 10.3 Å². The van der Waals surface area contributed by atoms with Crippen LogP contribution in [0.3, 0.4) is 0 Å². The van der Waals surface area contributed by atoms with E-state index in [1.807, 2.05) is 24.3 Å². The Bertz CT molecular complexity index is 1630. The van der Waals surface area contributed by atoms with Gasteiger partial charge in [-0.2, -0.15) is 0 Å². The van der Waals surface area contributed by atoms with Crippen molar-refractivity contribution < 1.29 is 23.8 Å². The molecule has 196 valence electrons. The monoisotopic (exact) mass is 543 g/mol. The van der Waals surface area contributed by atoms with Crippen LogP contribution in [0.5, 0.6) is 5.75 Å². The number of rotatable bonds is 9. The molecule has 1 atom stereocenters. The number of fused-ring (bicyclic) bond motifs is 1. The van der Waals surface area contributed by atoms with Gasteiger partial charge in [0.1, 0.15) is 35.6 Å². The molecule has 5 aromatic rings. The Kier molecular flexibility index (Phi) is 7.56. The highest BCUT2D eigenvalue weighted by atomic mass is 35.5. The lowest BCUT2D eigenvalue weighted by atomic mass is 10.1. The lowest BCUT2D eigenvalue weighted by Gasteiger charge is -2.14. The molecule has 0 fully saturated rings. The van der Waals surface area contributed by atoms with Crippen molar-refractivity contribution in [3.05, 3.63) is 125 Å². The highest BCUT2D eigenvalue weighted by Crippen LogP contribution is 2.23.